The summed E-state index contributed by atoms with van der Waals surface area (Å²) in [6, 6.07) is 18.5. The highest BCUT2D eigenvalue weighted by Crippen LogP contribution is 2.15. The van der Waals surface area contributed by atoms with E-state index in [1.165, 1.54) is 11.1 Å². The zero-order chi connectivity index (χ0) is 13.3. The minimum atomic E-state index is 0.617. The molecule has 3 nitrogen and oxygen atoms in total. The SMILES string of the molecule is [NH3+]NCCCc1ccc(OCc2ccccc2)cc1. The molecule has 4 N–H and O–H groups in total. The van der Waals surface area contributed by atoms with Crippen molar-refractivity contribution in [3.05, 3.63) is 65.7 Å². The number of quaternary nitrogens is 1. The van der Waals surface area contributed by atoms with Crippen LogP contribution in [0.3, 0.4) is 0 Å². The molecule has 2 rings (SSSR count). The van der Waals surface area contributed by atoms with Crippen LogP contribution in [0.25, 0.3) is 0 Å². The van der Waals surface area contributed by atoms with Crippen LogP contribution in [0.2, 0.25) is 0 Å². The second-order valence-electron chi connectivity index (χ2n) is 4.52. The smallest absolute Gasteiger partial charge is 0.119 e. The molecule has 19 heavy (non-hydrogen) atoms. The summed E-state index contributed by atoms with van der Waals surface area (Å²) in [4.78, 5) is 0. The van der Waals surface area contributed by atoms with Crippen molar-refractivity contribution in [3.8, 4) is 5.75 Å². The lowest BCUT2D eigenvalue weighted by Crippen LogP contribution is -2.64. The zero-order valence-corrected chi connectivity index (χ0v) is 11.1. The predicted octanol–water partition coefficient (Wildman–Crippen LogP) is 1.94. The van der Waals surface area contributed by atoms with Crippen molar-refractivity contribution >= 4 is 0 Å². The van der Waals surface area contributed by atoms with Crippen LogP contribution in [0.1, 0.15) is 17.5 Å². The number of hydrogen-bond acceptors (Lipinski definition) is 2. The van der Waals surface area contributed by atoms with Gasteiger partial charge in [0.15, 0.2) is 0 Å². The summed E-state index contributed by atoms with van der Waals surface area (Å²) >= 11 is 0. The number of benzene rings is 2. The highest BCUT2D eigenvalue weighted by molar-refractivity contribution is 5.27. The fourth-order valence-electron chi connectivity index (χ4n) is 1.91. The molecule has 0 atom stereocenters. The monoisotopic (exact) mass is 257 g/mol. The number of ether oxygens (including phenoxy) is 1. The van der Waals surface area contributed by atoms with E-state index in [0.717, 1.165) is 25.1 Å². The first-order valence-electron chi connectivity index (χ1n) is 6.64. The van der Waals surface area contributed by atoms with Gasteiger partial charge in [0.05, 0.1) is 0 Å². The van der Waals surface area contributed by atoms with Crippen LogP contribution in [0, 0.1) is 0 Å². The molecule has 0 aliphatic rings. The van der Waals surface area contributed by atoms with Crippen LogP contribution in [-0.4, -0.2) is 6.54 Å². The summed E-state index contributed by atoms with van der Waals surface area (Å²) in [5.74, 6) is 4.53. The Morgan fingerprint density at radius 1 is 0.895 bits per heavy atom. The molecule has 0 amide bonds. The van der Waals surface area contributed by atoms with Crippen LogP contribution in [0.15, 0.2) is 54.6 Å². The van der Waals surface area contributed by atoms with Crippen molar-refractivity contribution in [2.24, 2.45) is 0 Å². The van der Waals surface area contributed by atoms with E-state index in [0.29, 0.717) is 6.61 Å². The Bertz CT molecular complexity index is 468. The molecule has 0 aromatic heterocycles. The molecular weight excluding hydrogens is 236 g/mol. The summed E-state index contributed by atoms with van der Waals surface area (Å²) in [5.41, 5.74) is 5.44. The van der Waals surface area contributed by atoms with Gasteiger partial charge in [-0.05, 0) is 36.1 Å². The Kier molecular flexibility index (Phi) is 5.41. The second-order valence-corrected chi connectivity index (χ2v) is 4.52. The lowest BCUT2D eigenvalue weighted by Gasteiger charge is -2.07. The molecule has 2 aromatic carbocycles. The highest BCUT2D eigenvalue weighted by Gasteiger charge is 1.97. The number of aryl methyl sites for hydroxylation is 1. The van der Waals surface area contributed by atoms with Gasteiger partial charge in [0.25, 0.3) is 0 Å². The van der Waals surface area contributed by atoms with E-state index in [1.54, 1.807) is 0 Å². The van der Waals surface area contributed by atoms with Gasteiger partial charge < -0.3 is 4.74 Å². The van der Waals surface area contributed by atoms with Gasteiger partial charge in [0, 0.05) is 6.54 Å². The van der Waals surface area contributed by atoms with E-state index < -0.39 is 0 Å². The van der Waals surface area contributed by atoms with Gasteiger partial charge in [-0.1, -0.05) is 42.5 Å². The summed E-state index contributed by atoms with van der Waals surface area (Å²) < 4.78 is 5.75. The minimum Gasteiger partial charge on any atom is -0.489 e. The molecule has 0 fully saturated rings. The first-order valence-corrected chi connectivity index (χ1v) is 6.64. The normalized spacial score (nSPS) is 10.4. The molecule has 100 valence electrons. The van der Waals surface area contributed by atoms with Crippen molar-refractivity contribution in [2.45, 2.75) is 19.4 Å². The fourth-order valence-corrected chi connectivity index (χ4v) is 1.91. The van der Waals surface area contributed by atoms with Gasteiger partial charge in [-0.3, -0.25) is 5.84 Å². The average Bonchev–Trinajstić information content (AvgIpc) is 2.48. The Hall–Kier alpha value is -1.84. The van der Waals surface area contributed by atoms with Crippen molar-refractivity contribution in [3.63, 3.8) is 0 Å². The van der Waals surface area contributed by atoms with Gasteiger partial charge in [-0.2, -0.15) is 5.43 Å². The number of nitrogens with one attached hydrogen (secondary N) is 1. The predicted molar refractivity (Wildman–Crippen MR) is 76.4 cm³/mol. The lowest BCUT2D eigenvalue weighted by atomic mass is 10.1. The molecule has 3 heteroatoms. The second kappa shape index (κ2) is 7.56. The Balaban J connectivity index is 1.81. The molecule has 0 heterocycles. The van der Waals surface area contributed by atoms with E-state index in [-0.39, 0.29) is 0 Å². The van der Waals surface area contributed by atoms with E-state index in [1.807, 2.05) is 30.3 Å². The van der Waals surface area contributed by atoms with Gasteiger partial charge in [0.2, 0.25) is 0 Å². The summed E-state index contributed by atoms with van der Waals surface area (Å²) in [7, 11) is 0. The van der Waals surface area contributed by atoms with Crippen LogP contribution >= 0.6 is 0 Å². The molecule has 0 unspecified atom stereocenters. The Morgan fingerprint density at radius 3 is 2.32 bits per heavy atom. The van der Waals surface area contributed by atoms with Gasteiger partial charge in [-0.15, -0.1) is 0 Å². The topological polar surface area (TPSA) is 48.9 Å². The van der Waals surface area contributed by atoms with Gasteiger partial charge >= 0.3 is 0 Å². The molecular formula is C16H21N2O+. The summed E-state index contributed by atoms with van der Waals surface area (Å²) in [6.07, 6.45) is 2.18. The molecule has 2 aromatic rings. The van der Waals surface area contributed by atoms with E-state index >= 15 is 0 Å². The maximum Gasteiger partial charge on any atom is 0.119 e. The maximum absolute atomic E-state index is 5.75. The van der Waals surface area contributed by atoms with Crippen LogP contribution in [0.5, 0.6) is 5.75 Å². The third kappa shape index (κ3) is 4.73. The first-order chi connectivity index (χ1) is 9.38. The van der Waals surface area contributed by atoms with Crippen molar-refractivity contribution < 1.29 is 10.6 Å². The standard InChI is InChI=1S/C16H20N2O/c17-18-12-4-7-14-8-10-16(11-9-14)19-13-15-5-2-1-3-6-15/h1-3,5-6,8-11,18H,4,7,12-13,17H2/p+1. The first kappa shape index (κ1) is 13.6. The highest BCUT2D eigenvalue weighted by atomic mass is 16.5. The van der Waals surface area contributed by atoms with Crippen molar-refractivity contribution in [1.29, 1.82) is 0 Å². The third-order valence-electron chi connectivity index (χ3n) is 2.99. The van der Waals surface area contributed by atoms with Gasteiger partial charge in [-0.25, -0.2) is 0 Å². The van der Waals surface area contributed by atoms with E-state index in [9.17, 15) is 0 Å². The molecule has 0 aliphatic heterocycles. The Labute approximate surface area is 114 Å². The van der Waals surface area contributed by atoms with E-state index in [2.05, 4.69) is 35.5 Å². The minimum absolute atomic E-state index is 0.617. The van der Waals surface area contributed by atoms with Gasteiger partial charge in [0.1, 0.15) is 12.4 Å². The molecule has 0 saturated carbocycles. The van der Waals surface area contributed by atoms with E-state index in [4.69, 9.17) is 4.74 Å². The molecule has 0 aliphatic carbocycles. The number of rotatable bonds is 7. The molecule has 0 spiro atoms. The lowest BCUT2D eigenvalue weighted by molar-refractivity contribution is -0.442. The zero-order valence-electron chi connectivity index (χ0n) is 11.1. The summed E-state index contributed by atoms with van der Waals surface area (Å²) in [6.45, 7) is 1.57. The van der Waals surface area contributed by atoms with Crippen molar-refractivity contribution in [1.82, 2.24) is 5.43 Å². The molecule has 0 radical (unpaired) electrons. The average molecular weight is 257 g/mol. The van der Waals surface area contributed by atoms with Crippen LogP contribution < -0.4 is 16.0 Å². The molecule has 0 saturated heterocycles. The fraction of sp³-hybridized carbons (Fsp3) is 0.250. The summed E-state index contributed by atoms with van der Waals surface area (Å²) in [5, 5.41) is 0. The molecule has 0 bridgehead atoms. The Morgan fingerprint density at radius 2 is 1.63 bits per heavy atom. The number of hydrogen-bond donors (Lipinski definition) is 2. The third-order valence-corrected chi connectivity index (χ3v) is 2.99. The quantitative estimate of drug-likeness (QED) is 0.588. The maximum atomic E-state index is 5.75. The van der Waals surface area contributed by atoms with Crippen molar-refractivity contribution in [2.75, 3.05) is 6.54 Å². The van der Waals surface area contributed by atoms with Crippen LogP contribution in [0.4, 0.5) is 0 Å². The van der Waals surface area contributed by atoms with Crippen LogP contribution in [-0.2, 0) is 13.0 Å². The largest absolute Gasteiger partial charge is 0.489 e.